The van der Waals surface area contributed by atoms with E-state index in [-0.39, 0.29) is 5.95 Å². The van der Waals surface area contributed by atoms with E-state index in [9.17, 15) is 0 Å². The number of anilines is 3. The van der Waals surface area contributed by atoms with Crippen LogP contribution in [-0.4, -0.2) is 49.4 Å². The number of methoxy groups -OCH3 is 4. The predicted octanol–water partition coefficient (Wildman–Crippen LogP) is 4.44. The highest BCUT2D eigenvalue weighted by Gasteiger charge is 2.19. The summed E-state index contributed by atoms with van der Waals surface area (Å²) in [6.45, 7) is 1.00. The van der Waals surface area contributed by atoms with E-state index in [1.165, 1.54) is 19.3 Å². The third-order valence-electron chi connectivity index (χ3n) is 6.50. The van der Waals surface area contributed by atoms with Gasteiger partial charge in [-0.1, -0.05) is 31.4 Å². The maximum Gasteiger partial charge on any atom is 0.232 e. The summed E-state index contributed by atoms with van der Waals surface area (Å²) < 4.78 is 21.8. The van der Waals surface area contributed by atoms with Gasteiger partial charge in [-0.3, -0.25) is 0 Å². The third-order valence-corrected chi connectivity index (χ3v) is 6.50. The van der Waals surface area contributed by atoms with Crippen molar-refractivity contribution in [2.75, 3.05) is 44.4 Å². The molecule has 1 aromatic heterocycles. The monoisotopic (exact) mass is 508 g/mol. The molecule has 10 nitrogen and oxygen atoms in total. The smallest absolute Gasteiger partial charge is 0.232 e. The highest BCUT2D eigenvalue weighted by molar-refractivity contribution is 5.48. The second kappa shape index (κ2) is 12.3. The van der Waals surface area contributed by atoms with Crippen LogP contribution in [0.1, 0.15) is 43.2 Å². The Morgan fingerprint density at radius 1 is 0.757 bits per heavy atom. The number of nitrogens with zero attached hydrogens (tertiary/aromatic N) is 4. The van der Waals surface area contributed by atoms with Gasteiger partial charge in [-0.05, 0) is 48.2 Å². The third kappa shape index (κ3) is 6.63. The van der Waals surface area contributed by atoms with Gasteiger partial charge in [0.2, 0.25) is 17.8 Å². The minimum atomic E-state index is 0.174. The first-order valence-electron chi connectivity index (χ1n) is 12.5. The molecular weight excluding hydrogens is 472 g/mol. The van der Waals surface area contributed by atoms with E-state index in [2.05, 4.69) is 15.3 Å². The normalized spacial score (nSPS) is 13.6. The number of ether oxygens (including phenoxy) is 4. The van der Waals surface area contributed by atoms with Gasteiger partial charge in [0, 0.05) is 19.1 Å². The van der Waals surface area contributed by atoms with Gasteiger partial charge in [0.15, 0.2) is 23.0 Å². The number of hydrogen-bond donors (Lipinski definition) is 2. The van der Waals surface area contributed by atoms with Gasteiger partial charge >= 0.3 is 0 Å². The van der Waals surface area contributed by atoms with E-state index in [0.29, 0.717) is 54.0 Å². The van der Waals surface area contributed by atoms with E-state index in [1.807, 2.05) is 41.3 Å². The number of rotatable bonds is 11. The molecule has 4 rings (SSSR count). The molecule has 1 heterocycles. The van der Waals surface area contributed by atoms with Gasteiger partial charge in [0.25, 0.3) is 0 Å². The van der Waals surface area contributed by atoms with Crippen molar-refractivity contribution in [1.82, 2.24) is 15.0 Å². The number of aromatic nitrogens is 3. The number of nitrogen functional groups attached to an aromatic ring is 1. The van der Waals surface area contributed by atoms with Crippen molar-refractivity contribution in [3.8, 4) is 23.0 Å². The molecule has 0 radical (unpaired) electrons. The second-order valence-electron chi connectivity index (χ2n) is 9.03. The lowest BCUT2D eigenvalue weighted by Crippen LogP contribution is -2.27. The number of nitrogens with one attached hydrogen (secondary N) is 1. The minimum absolute atomic E-state index is 0.174. The van der Waals surface area contributed by atoms with Gasteiger partial charge in [-0.25, -0.2) is 0 Å². The SMILES string of the molecule is COc1ccc(CN(Cc2ccc(OC)c(OC)c2)c2nc(N)nc(NC3CCCCC3)n2)cc1OC. The Hall–Kier alpha value is -3.95. The zero-order valence-electron chi connectivity index (χ0n) is 22.0. The maximum atomic E-state index is 6.15. The highest BCUT2D eigenvalue weighted by atomic mass is 16.5. The summed E-state index contributed by atoms with van der Waals surface area (Å²) in [5.74, 6) is 3.80. The summed E-state index contributed by atoms with van der Waals surface area (Å²) in [5, 5.41) is 3.47. The summed E-state index contributed by atoms with van der Waals surface area (Å²) >= 11 is 0. The molecule has 0 spiro atoms. The Bertz CT molecular complexity index is 1130. The molecular formula is C27H36N6O4. The largest absolute Gasteiger partial charge is 0.493 e. The van der Waals surface area contributed by atoms with Crippen molar-refractivity contribution < 1.29 is 18.9 Å². The van der Waals surface area contributed by atoms with Crippen LogP contribution in [0, 0.1) is 0 Å². The fraction of sp³-hybridized carbons (Fsp3) is 0.444. The molecule has 1 aliphatic carbocycles. The fourth-order valence-electron chi connectivity index (χ4n) is 4.61. The molecule has 1 aliphatic rings. The number of nitrogens with two attached hydrogens (primary N) is 1. The maximum absolute atomic E-state index is 6.15. The lowest BCUT2D eigenvalue weighted by molar-refractivity contribution is 0.354. The van der Waals surface area contributed by atoms with Crippen LogP contribution in [0.2, 0.25) is 0 Å². The fourth-order valence-corrected chi connectivity index (χ4v) is 4.61. The molecule has 10 heteroatoms. The van der Waals surface area contributed by atoms with Crippen LogP contribution in [0.25, 0.3) is 0 Å². The molecule has 0 aliphatic heterocycles. The second-order valence-corrected chi connectivity index (χ2v) is 9.03. The summed E-state index contributed by atoms with van der Waals surface area (Å²) in [4.78, 5) is 15.7. The van der Waals surface area contributed by atoms with Crippen molar-refractivity contribution in [3.63, 3.8) is 0 Å². The molecule has 1 fully saturated rings. The Labute approximate surface area is 218 Å². The highest BCUT2D eigenvalue weighted by Crippen LogP contribution is 2.31. The molecule has 0 amide bonds. The number of hydrogen-bond acceptors (Lipinski definition) is 10. The van der Waals surface area contributed by atoms with Crippen molar-refractivity contribution in [2.45, 2.75) is 51.2 Å². The van der Waals surface area contributed by atoms with Crippen molar-refractivity contribution in [1.29, 1.82) is 0 Å². The average Bonchev–Trinajstić information content (AvgIpc) is 2.92. The van der Waals surface area contributed by atoms with E-state index >= 15 is 0 Å². The van der Waals surface area contributed by atoms with Gasteiger partial charge in [0.05, 0.1) is 28.4 Å². The number of benzene rings is 2. The Kier molecular flexibility index (Phi) is 8.71. The summed E-state index contributed by atoms with van der Waals surface area (Å²) in [7, 11) is 6.49. The molecule has 198 valence electrons. The van der Waals surface area contributed by atoms with Crippen LogP contribution in [0.15, 0.2) is 36.4 Å². The standard InChI is InChI=1S/C27H36N6O4/c1-34-21-12-10-18(14-23(21)36-3)16-33(17-19-11-13-22(35-2)24(15-19)37-4)27-31-25(28)30-26(32-27)29-20-8-6-5-7-9-20/h10-15,20H,5-9,16-17H2,1-4H3,(H3,28,29,30,31,32). The Balaban J connectivity index is 1.67. The molecule has 3 N–H and O–H groups in total. The zero-order valence-corrected chi connectivity index (χ0v) is 22.0. The van der Waals surface area contributed by atoms with Gasteiger partial charge in [-0.15, -0.1) is 0 Å². The molecule has 0 atom stereocenters. The van der Waals surface area contributed by atoms with Gasteiger partial charge < -0.3 is 34.9 Å². The Morgan fingerprint density at radius 3 is 1.81 bits per heavy atom. The first kappa shape index (κ1) is 26.1. The average molecular weight is 509 g/mol. The van der Waals surface area contributed by atoms with Crippen LogP contribution < -0.4 is 34.9 Å². The molecule has 3 aromatic rings. The molecule has 1 saturated carbocycles. The van der Waals surface area contributed by atoms with E-state index in [4.69, 9.17) is 29.7 Å². The summed E-state index contributed by atoms with van der Waals surface area (Å²) in [6.07, 6.45) is 5.88. The lowest BCUT2D eigenvalue weighted by atomic mass is 9.96. The predicted molar refractivity (Wildman–Crippen MR) is 144 cm³/mol. The van der Waals surface area contributed by atoms with Crippen LogP contribution in [-0.2, 0) is 13.1 Å². The van der Waals surface area contributed by atoms with E-state index in [0.717, 1.165) is 24.0 Å². The van der Waals surface area contributed by atoms with Crippen molar-refractivity contribution in [2.24, 2.45) is 0 Å². The zero-order chi connectivity index (χ0) is 26.2. The van der Waals surface area contributed by atoms with Crippen molar-refractivity contribution >= 4 is 17.8 Å². The van der Waals surface area contributed by atoms with Crippen molar-refractivity contribution in [3.05, 3.63) is 47.5 Å². The quantitative estimate of drug-likeness (QED) is 0.385. The first-order valence-corrected chi connectivity index (χ1v) is 12.5. The molecule has 0 bridgehead atoms. The van der Waals surface area contributed by atoms with Crippen LogP contribution in [0.5, 0.6) is 23.0 Å². The van der Waals surface area contributed by atoms with Gasteiger partial charge in [0.1, 0.15) is 0 Å². The molecule has 2 aromatic carbocycles. The van der Waals surface area contributed by atoms with E-state index in [1.54, 1.807) is 28.4 Å². The van der Waals surface area contributed by atoms with Crippen LogP contribution in [0.4, 0.5) is 17.8 Å². The van der Waals surface area contributed by atoms with Gasteiger partial charge in [-0.2, -0.15) is 15.0 Å². The van der Waals surface area contributed by atoms with Crippen LogP contribution in [0.3, 0.4) is 0 Å². The summed E-state index contributed by atoms with van der Waals surface area (Å²) in [6, 6.07) is 12.0. The molecule has 0 saturated heterocycles. The first-order chi connectivity index (χ1) is 18.0. The lowest BCUT2D eigenvalue weighted by Gasteiger charge is -2.26. The minimum Gasteiger partial charge on any atom is -0.493 e. The summed E-state index contributed by atoms with van der Waals surface area (Å²) in [5.41, 5.74) is 8.15. The van der Waals surface area contributed by atoms with E-state index < -0.39 is 0 Å². The topological polar surface area (TPSA) is 117 Å². The van der Waals surface area contributed by atoms with Crippen LogP contribution >= 0.6 is 0 Å². The molecule has 37 heavy (non-hydrogen) atoms. The molecule has 0 unspecified atom stereocenters. The Morgan fingerprint density at radius 2 is 1.30 bits per heavy atom.